The number of anilines is 5. The Bertz CT molecular complexity index is 5030. The van der Waals surface area contributed by atoms with Gasteiger partial charge in [0.2, 0.25) is 11.1 Å². The van der Waals surface area contributed by atoms with E-state index in [9.17, 15) is 49.6 Å². The molecule has 0 aliphatic carbocycles. The molecule has 0 saturated heterocycles. The smallest absolute Gasteiger partial charge is 0.293 e. The molecule has 1 aliphatic heterocycles. The number of tetrazole rings is 1. The number of carbonyl (C=O) groups is 4. The Morgan fingerprint density at radius 1 is 0.557 bits per heavy atom. The van der Waals surface area contributed by atoms with Crippen molar-refractivity contribution in [3.8, 4) is 57.4 Å². The van der Waals surface area contributed by atoms with Crippen molar-refractivity contribution < 1.29 is 62.9 Å². The number of phenolic OH excluding ortho intramolecular Hbond substituents is 2. The first-order valence-electron chi connectivity index (χ1n) is 33.6. The highest BCUT2D eigenvalue weighted by atomic mass is 32.2. The van der Waals surface area contributed by atoms with Crippen LogP contribution in [0.1, 0.15) is 83.9 Å². The Morgan fingerprint density at radius 2 is 1.07 bits per heavy atom. The number of phenols is 2. The van der Waals surface area contributed by atoms with Crippen LogP contribution in [0.2, 0.25) is 0 Å². The first-order valence-corrected chi connectivity index (χ1v) is 34.5. The van der Waals surface area contributed by atoms with E-state index >= 15 is 0 Å². The van der Waals surface area contributed by atoms with Crippen molar-refractivity contribution in [2.45, 2.75) is 72.4 Å². The summed E-state index contributed by atoms with van der Waals surface area (Å²) < 4.78 is 31.1. The summed E-state index contributed by atoms with van der Waals surface area (Å²) in [5.74, 6) is 1.21. The molecule has 10 aromatic carbocycles. The van der Waals surface area contributed by atoms with Gasteiger partial charge in [0.1, 0.15) is 28.7 Å². The van der Waals surface area contributed by atoms with Crippen LogP contribution in [0.4, 0.5) is 44.6 Å². The number of ether oxygens (including phenoxy) is 5. The molecule has 4 amide bonds. The second kappa shape index (κ2) is 35.2. The third-order valence-electron chi connectivity index (χ3n) is 16.5. The van der Waals surface area contributed by atoms with E-state index in [0.29, 0.717) is 72.1 Å². The van der Waals surface area contributed by atoms with Gasteiger partial charge in [-0.25, -0.2) is 0 Å². The number of nitrogens with one attached hydrogen (secondary N) is 5. The number of fused-ring (bicyclic) bond motifs is 3. The molecule has 0 saturated carbocycles. The number of nitro benzene ring substituents is 2. The molecule has 106 heavy (non-hydrogen) atoms. The summed E-state index contributed by atoms with van der Waals surface area (Å²) in [5, 5.41) is 63.9. The van der Waals surface area contributed by atoms with E-state index in [0.717, 1.165) is 69.9 Å². The van der Waals surface area contributed by atoms with Gasteiger partial charge in [-0.3, -0.25) is 39.4 Å². The fraction of sp³-hybridized carbons (Fsp3) is 0.208. The highest BCUT2D eigenvalue weighted by Crippen LogP contribution is 2.45. The largest absolute Gasteiger partial charge is 0.506 e. The lowest BCUT2D eigenvalue weighted by Crippen LogP contribution is -2.25. The average molecular weight is 1460 g/mol. The number of nitrogens with zero attached hydrogens (tertiary/aromatic N) is 8. The standard InChI is InChI=1S/C38H35N7O7S.C27H23N3O6.C12H19N3O2/c1-24-15-17-32(25(2)21-24)51-20-10-9-19-39-36(47)30-23-34(28-13-7-8-14-29(28)35(30)46)52-33-18-16-27(45(49)50)22-31(33)43(3)38(48)53-37-40-41-42-44(37)26-11-5-4-6-12-26;1-16-8-4-7-11-22(16)28-27(33)21-15-25(19-9-5-6-10-20(19)26(21)32)36-24-13-12-18(30(34)35)14-23(24)29(3)17(2)31;1-3-5-16-11-7-9-10(14-15-13-9)8-12(11)17-6-4-2/h4-8,11-18,21-23,46H,9-10,19-20H2,1-3H3,(H,39,47);4-15,32H,1-3H3,(H,28,33);7-8,13-15H,3-6H2,1-2H3. The van der Waals surface area contributed by atoms with Gasteiger partial charge in [0.25, 0.3) is 28.4 Å². The number of rotatable bonds is 25. The predicted molar refractivity (Wildman–Crippen MR) is 406 cm³/mol. The molecule has 1 aliphatic rings. The van der Waals surface area contributed by atoms with E-state index in [1.54, 1.807) is 84.9 Å². The van der Waals surface area contributed by atoms with E-state index in [4.69, 9.17) is 23.7 Å². The molecule has 0 radical (unpaired) electrons. The van der Waals surface area contributed by atoms with Gasteiger partial charge in [-0.15, -0.1) is 10.6 Å². The summed E-state index contributed by atoms with van der Waals surface area (Å²) in [6, 6.07) is 50.4. The van der Waals surface area contributed by atoms with Crippen molar-refractivity contribution >= 4 is 96.1 Å². The number of thioether (sulfide) groups is 1. The number of aryl methyl sites for hydroxylation is 3. The molecule has 29 heteroatoms. The molecule has 0 bridgehead atoms. The monoisotopic (exact) mass is 1460 g/mol. The lowest BCUT2D eigenvalue weighted by atomic mass is 10.0. The second-order valence-electron chi connectivity index (χ2n) is 24.1. The highest BCUT2D eigenvalue weighted by Gasteiger charge is 2.27. The minimum atomic E-state index is -0.581. The maximum atomic E-state index is 13.6. The lowest BCUT2D eigenvalue weighted by Gasteiger charge is -2.21. The summed E-state index contributed by atoms with van der Waals surface area (Å²) >= 11 is 0.722. The van der Waals surface area contributed by atoms with Crippen molar-refractivity contribution in [2.24, 2.45) is 0 Å². The Balaban J connectivity index is 0.000000194. The zero-order chi connectivity index (χ0) is 75.6. The summed E-state index contributed by atoms with van der Waals surface area (Å²) in [5.41, 5.74) is 14.8. The van der Waals surface area contributed by atoms with Crippen LogP contribution in [0, 0.1) is 41.0 Å². The van der Waals surface area contributed by atoms with E-state index in [-0.39, 0.29) is 79.4 Å². The maximum Gasteiger partial charge on any atom is 0.293 e. The fourth-order valence-corrected chi connectivity index (χ4v) is 11.6. The third-order valence-corrected chi connectivity index (χ3v) is 17.4. The van der Waals surface area contributed by atoms with E-state index in [1.165, 1.54) is 84.0 Å². The van der Waals surface area contributed by atoms with Crippen molar-refractivity contribution in [3.05, 3.63) is 230 Å². The number of hydrazine groups is 2. The summed E-state index contributed by atoms with van der Waals surface area (Å²) in [6.07, 6.45) is 3.29. The molecule has 1 aromatic heterocycles. The van der Waals surface area contributed by atoms with Crippen LogP contribution in [0.25, 0.3) is 27.2 Å². The van der Waals surface area contributed by atoms with E-state index in [1.807, 2.05) is 63.2 Å². The molecule has 546 valence electrons. The van der Waals surface area contributed by atoms with E-state index < -0.39 is 26.9 Å². The van der Waals surface area contributed by atoms with Crippen molar-refractivity contribution in [1.29, 1.82) is 0 Å². The molecule has 0 unspecified atom stereocenters. The van der Waals surface area contributed by atoms with Gasteiger partial charge in [-0.1, -0.05) is 116 Å². The van der Waals surface area contributed by atoms with Crippen LogP contribution in [-0.4, -0.2) is 104 Å². The molecule has 0 spiro atoms. The van der Waals surface area contributed by atoms with Crippen LogP contribution >= 0.6 is 11.8 Å². The number of hydrogen-bond acceptors (Lipinski definition) is 22. The molecular formula is C77H77N13O15S. The first-order chi connectivity index (χ1) is 51.1. The molecule has 2 heterocycles. The molecule has 28 nitrogen and oxygen atoms in total. The fourth-order valence-electron chi connectivity index (χ4n) is 10.9. The Labute approximate surface area is 613 Å². The normalized spacial score (nSPS) is 11.1. The number of carbonyl (C=O) groups excluding carboxylic acids is 4. The number of hydrogen-bond donors (Lipinski definition) is 7. The minimum absolute atomic E-state index is 0.0182. The summed E-state index contributed by atoms with van der Waals surface area (Å²) in [7, 11) is 2.92. The molecule has 7 N–H and O–H groups in total. The SMILES string of the molecule is CC(=O)N(C)c1cc([N+](=O)[O-])ccc1Oc1cc(C(=O)Nc2ccccc2C)c(O)c2ccccc12.CCCOc1cc2c(cc1OCCC)NNN2.Cc1ccc(OCCCCNC(=O)c2cc(Oc3ccc([N+](=O)[O-])cc3N(C)C(=O)Sc3nnnn3-c3ccccc3)c3ccccc3c2O)c(C)c1. The average Bonchev–Trinajstić information content (AvgIpc) is 0.812. The van der Waals surface area contributed by atoms with Crippen molar-refractivity contribution in [2.75, 3.05) is 66.4 Å². The number of non-ortho nitro benzene ring substituents is 2. The number of para-hydroxylation sites is 2. The minimum Gasteiger partial charge on any atom is -0.506 e. The Morgan fingerprint density at radius 3 is 1.60 bits per heavy atom. The van der Waals surface area contributed by atoms with Crippen LogP contribution in [0.5, 0.6) is 51.7 Å². The summed E-state index contributed by atoms with van der Waals surface area (Å²) in [6.45, 7) is 13.6. The summed E-state index contributed by atoms with van der Waals surface area (Å²) in [4.78, 5) is 76.6. The maximum absolute atomic E-state index is 13.6. The molecule has 0 fully saturated rings. The number of nitro groups is 2. The zero-order valence-electron chi connectivity index (χ0n) is 59.2. The number of aromatic hydroxyl groups is 2. The van der Waals surface area contributed by atoms with Crippen LogP contribution in [0.3, 0.4) is 0 Å². The number of unbranched alkanes of at least 4 members (excludes halogenated alkanes) is 1. The van der Waals surface area contributed by atoms with Crippen molar-refractivity contribution in [3.63, 3.8) is 0 Å². The molecular weight excluding hydrogens is 1380 g/mol. The predicted octanol–water partition coefficient (Wildman–Crippen LogP) is 16.1. The Kier molecular flexibility index (Phi) is 25.1. The van der Waals surface area contributed by atoms with Crippen LogP contribution in [-0.2, 0) is 4.79 Å². The van der Waals surface area contributed by atoms with Gasteiger partial charge in [0.05, 0.1) is 69.2 Å². The molecule has 12 rings (SSSR count). The van der Waals surface area contributed by atoms with Gasteiger partial charge in [0, 0.05) is 103 Å². The number of amides is 4. The second-order valence-corrected chi connectivity index (χ2v) is 25.1. The van der Waals surface area contributed by atoms with Gasteiger partial charge in [-0.2, -0.15) is 4.68 Å². The van der Waals surface area contributed by atoms with Gasteiger partial charge < -0.3 is 65.2 Å². The third kappa shape index (κ3) is 18.4. The quantitative estimate of drug-likeness (QED) is 0.0121. The number of benzene rings is 10. The van der Waals surface area contributed by atoms with E-state index in [2.05, 4.69) is 62.5 Å². The van der Waals surface area contributed by atoms with Gasteiger partial charge in [0.15, 0.2) is 23.0 Å². The van der Waals surface area contributed by atoms with Crippen LogP contribution < -0.4 is 60.5 Å². The van der Waals surface area contributed by atoms with Gasteiger partial charge >= 0.3 is 0 Å². The molecule has 0 atom stereocenters. The molecule has 11 aromatic rings. The zero-order valence-corrected chi connectivity index (χ0v) is 60.0. The number of aromatic nitrogens is 4. The highest BCUT2D eigenvalue weighted by molar-refractivity contribution is 8.13. The lowest BCUT2D eigenvalue weighted by molar-refractivity contribution is -0.385. The van der Waals surface area contributed by atoms with Crippen LogP contribution in [0.15, 0.2) is 187 Å². The topological polar surface area (TPSA) is 351 Å². The Hall–Kier alpha value is -13.0. The van der Waals surface area contributed by atoms with Crippen molar-refractivity contribution in [1.82, 2.24) is 31.1 Å². The van der Waals surface area contributed by atoms with Gasteiger partial charge in [-0.05, 0) is 117 Å². The first kappa shape index (κ1) is 75.6.